The summed E-state index contributed by atoms with van der Waals surface area (Å²) in [6.07, 6.45) is -4.54. The molecule has 126 valence electrons. The second-order valence-corrected chi connectivity index (χ2v) is 4.48. The van der Waals surface area contributed by atoms with E-state index in [1.165, 1.54) is 18.2 Å². The first-order chi connectivity index (χ1) is 11.2. The van der Waals surface area contributed by atoms with Crippen molar-refractivity contribution in [3.8, 4) is 11.5 Å². The number of anilines is 1. The first-order valence-corrected chi connectivity index (χ1v) is 6.28. The lowest BCUT2D eigenvalue weighted by Gasteiger charge is -2.12. The maximum absolute atomic E-state index is 12.6. The fourth-order valence-corrected chi connectivity index (χ4v) is 1.75. The van der Waals surface area contributed by atoms with Crippen LogP contribution in [0, 0.1) is 10.1 Å². The summed E-state index contributed by atoms with van der Waals surface area (Å²) < 4.78 is 43.0. The SMILES string of the molecule is Nc1cc(C(F)(F)F)ccc1Oc1cccc(C(=O)O[N+](=O)[O-])c1. The van der Waals surface area contributed by atoms with Gasteiger partial charge >= 0.3 is 17.2 Å². The molecule has 0 unspecified atom stereocenters. The van der Waals surface area contributed by atoms with E-state index in [4.69, 9.17) is 10.5 Å². The van der Waals surface area contributed by atoms with Crippen LogP contribution < -0.4 is 10.5 Å². The molecule has 0 bridgehead atoms. The number of nitrogen functional groups attached to an aromatic ring is 1. The van der Waals surface area contributed by atoms with Gasteiger partial charge in [0, 0.05) is 5.56 Å². The number of rotatable bonds is 4. The predicted molar refractivity (Wildman–Crippen MR) is 74.8 cm³/mol. The van der Waals surface area contributed by atoms with Crippen LogP contribution in [0.5, 0.6) is 11.5 Å². The highest BCUT2D eigenvalue weighted by Gasteiger charge is 2.31. The number of alkyl halides is 3. The second-order valence-electron chi connectivity index (χ2n) is 4.48. The maximum atomic E-state index is 12.6. The van der Waals surface area contributed by atoms with E-state index >= 15 is 0 Å². The van der Waals surface area contributed by atoms with Crippen LogP contribution in [0.4, 0.5) is 18.9 Å². The number of ether oxygens (including phenoxy) is 1. The number of carbonyl (C=O) groups excluding carboxylic acids is 1. The number of carbonyl (C=O) groups is 1. The molecule has 24 heavy (non-hydrogen) atoms. The van der Waals surface area contributed by atoms with E-state index in [0.717, 1.165) is 18.2 Å². The van der Waals surface area contributed by atoms with Crippen molar-refractivity contribution in [3.63, 3.8) is 0 Å². The van der Waals surface area contributed by atoms with Crippen molar-refractivity contribution in [3.05, 3.63) is 63.7 Å². The molecular weight excluding hydrogens is 333 g/mol. The predicted octanol–water partition coefficient (Wildman–Crippen LogP) is 3.43. The molecule has 0 saturated heterocycles. The van der Waals surface area contributed by atoms with Crippen LogP contribution in [0.25, 0.3) is 0 Å². The van der Waals surface area contributed by atoms with Gasteiger partial charge < -0.3 is 10.5 Å². The highest BCUT2D eigenvalue weighted by Crippen LogP contribution is 2.35. The van der Waals surface area contributed by atoms with Crippen molar-refractivity contribution in [2.45, 2.75) is 6.18 Å². The molecule has 0 atom stereocenters. The minimum Gasteiger partial charge on any atom is -0.455 e. The minimum atomic E-state index is -4.54. The zero-order valence-corrected chi connectivity index (χ0v) is 11.7. The number of nitrogens with two attached hydrogens (primary N) is 1. The average molecular weight is 342 g/mol. The Morgan fingerprint density at radius 2 is 1.88 bits per heavy atom. The van der Waals surface area contributed by atoms with Crippen molar-refractivity contribution in [1.82, 2.24) is 0 Å². The third-order valence-corrected chi connectivity index (χ3v) is 2.79. The van der Waals surface area contributed by atoms with E-state index in [0.29, 0.717) is 6.07 Å². The molecule has 0 heterocycles. The molecule has 0 amide bonds. The molecular formula is C14H9F3N2O5. The minimum absolute atomic E-state index is 0.0410. The molecule has 2 aromatic carbocycles. The lowest BCUT2D eigenvalue weighted by Crippen LogP contribution is -2.10. The number of benzene rings is 2. The Bertz CT molecular complexity index is 792. The van der Waals surface area contributed by atoms with Gasteiger partial charge in [-0.25, -0.2) is 4.84 Å². The Hall–Kier alpha value is -3.30. The zero-order chi connectivity index (χ0) is 17.9. The van der Waals surface area contributed by atoms with Crippen LogP contribution in [0.2, 0.25) is 0 Å². The van der Waals surface area contributed by atoms with Gasteiger partial charge in [0.05, 0.1) is 11.3 Å². The molecule has 0 aromatic heterocycles. The number of halogens is 3. The molecule has 0 spiro atoms. The van der Waals surface area contributed by atoms with Crippen LogP contribution in [0.1, 0.15) is 15.9 Å². The topological polar surface area (TPSA) is 105 Å². The first-order valence-electron chi connectivity index (χ1n) is 6.28. The highest BCUT2D eigenvalue weighted by molar-refractivity contribution is 5.89. The van der Waals surface area contributed by atoms with Crippen LogP contribution in [0.3, 0.4) is 0 Å². The summed E-state index contributed by atoms with van der Waals surface area (Å²) in [6.45, 7) is 0. The summed E-state index contributed by atoms with van der Waals surface area (Å²) in [5, 5.41) is 8.88. The largest absolute Gasteiger partial charge is 0.455 e. The van der Waals surface area contributed by atoms with E-state index in [2.05, 4.69) is 4.84 Å². The molecule has 0 radical (unpaired) electrons. The van der Waals surface area contributed by atoms with Crippen molar-refractivity contribution in [1.29, 1.82) is 0 Å². The molecule has 0 aliphatic heterocycles. The van der Waals surface area contributed by atoms with Crippen molar-refractivity contribution in [2.24, 2.45) is 0 Å². The molecule has 7 nitrogen and oxygen atoms in total. The van der Waals surface area contributed by atoms with Gasteiger partial charge in [-0.05, 0) is 36.4 Å². The Morgan fingerprint density at radius 3 is 2.46 bits per heavy atom. The third-order valence-electron chi connectivity index (χ3n) is 2.79. The van der Waals surface area contributed by atoms with Crippen molar-refractivity contribution < 1.29 is 32.6 Å². The van der Waals surface area contributed by atoms with Gasteiger partial charge in [-0.2, -0.15) is 13.2 Å². The molecule has 0 saturated carbocycles. The quantitative estimate of drug-likeness (QED) is 0.518. The van der Waals surface area contributed by atoms with Gasteiger partial charge in [-0.3, -0.25) is 4.79 Å². The molecule has 2 rings (SSSR count). The van der Waals surface area contributed by atoms with Gasteiger partial charge in [-0.15, -0.1) is 10.1 Å². The number of hydrogen-bond donors (Lipinski definition) is 1. The zero-order valence-electron chi connectivity index (χ0n) is 11.7. The van der Waals surface area contributed by atoms with Crippen LogP contribution >= 0.6 is 0 Å². The van der Waals surface area contributed by atoms with E-state index < -0.39 is 22.8 Å². The fraction of sp³-hybridized carbons (Fsp3) is 0.0714. The van der Waals surface area contributed by atoms with Gasteiger partial charge in [0.2, 0.25) is 0 Å². The number of nitrogens with zero attached hydrogens (tertiary/aromatic N) is 1. The Kier molecular flexibility index (Phi) is 4.58. The summed E-state index contributed by atoms with van der Waals surface area (Å²) in [7, 11) is 0. The van der Waals surface area contributed by atoms with E-state index in [-0.39, 0.29) is 22.7 Å². The van der Waals surface area contributed by atoms with Crippen LogP contribution in [0.15, 0.2) is 42.5 Å². The molecule has 0 aliphatic carbocycles. The molecule has 0 fully saturated rings. The standard InChI is InChI=1S/C14H9F3N2O5/c15-14(16,17)9-4-5-12(11(18)7-9)23-10-3-1-2-8(6-10)13(20)24-19(21)22/h1-7H,18H2. The second kappa shape index (κ2) is 6.44. The van der Waals surface area contributed by atoms with Gasteiger partial charge in [-0.1, -0.05) is 6.07 Å². The van der Waals surface area contributed by atoms with Gasteiger partial charge in [0.15, 0.2) is 0 Å². The van der Waals surface area contributed by atoms with E-state index in [9.17, 15) is 28.1 Å². The Labute approximate surface area is 132 Å². The van der Waals surface area contributed by atoms with Gasteiger partial charge in [0.1, 0.15) is 11.5 Å². The Balaban J connectivity index is 2.23. The van der Waals surface area contributed by atoms with Crippen LogP contribution in [-0.4, -0.2) is 11.1 Å². The van der Waals surface area contributed by atoms with E-state index in [1.54, 1.807) is 0 Å². The summed E-state index contributed by atoms with van der Waals surface area (Å²) in [4.78, 5) is 25.3. The molecule has 10 heteroatoms. The van der Waals surface area contributed by atoms with E-state index in [1.807, 2.05) is 0 Å². The normalized spacial score (nSPS) is 11.0. The lowest BCUT2D eigenvalue weighted by atomic mass is 10.2. The summed E-state index contributed by atoms with van der Waals surface area (Å²) in [6, 6.07) is 7.64. The maximum Gasteiger partial charge on any atom is 0.416 e. The van der Waals surface area contributed by atoms with Crippen molar-refractivity contribution >= 4 is 11.7 Å². The monoisotopic (exact) mass is 342 g/mol. The highest BCUT2D eigenvalue weighted by atomic mass is 19.4. The first kappa shape index (κ1) is 17.1. The lowest BCUT2D eigenvalue weighted by molar-refractivity contribution is -0.727. The third kappa shape index (κ3) is 4.12. The smallest absolute Gasteiger partial charge is 0.416 e. The summed E-state index contributed by atoms with van der Waals surface area (Å²) in [5.41, 5.74) is 4.16. The van der Waals surface area contributed by atoms with Crippen molar-refractivity contribution in [2.75, 3.05) is 5.73 Å². The molecule has 2 N–H and O–H groups in total. The van der Waals surface area contributed by atoms with Gasteiger partial charge in [0.25, 0.3) is 0 Å². The molecule has 2 aromatic rings. The summed E-state index contributed by atoms with van der Waals surface area (Å²) >= 11 is 0. The van der Waals surface area contributed by atoms with Crippen LogP contribution in [-0.2, 0) is 11.0 Å². The Morgan fingerprint density at radius 1 is 1.17 bits per heavy atom. The summed E-state index contributed by atoms with van der Waals surface area (Å²) in [5.74, 6) is -1.24. The number of hydrogen-bond acceptors (Lipinski definition) is 6. The average Bonchev–Trinajstić information content (AvgIpc) is 2.48. The molecule has 0 aliphatic rings. The fourth-order valence-electron chi connectivity index (χ4n) is 1.75.